The van der Waals surface area contributed by atoms with E-state index in [1.54, 1.807) is 0 Å². The van der Waals surface area contributed by atoms with Crippen LogP contribution in [0.1, 0.15) is 15.9 Å². The molecule has 32 heavy (non-hydrogen) atoms. The molecule has 3 aromatic carbocycles. The van der Waals surface area contributed by atoms with Gasteiger partial charge in [-0.2, -0.15) is 0 Å². The lowest BCUT2D eigenvalue weighted by atomic mass is 10.0. The predicted octanol–water partition coefficient (Wildman–Crippen LogP) is 5.31. The number of halogens is 3. The van der Waals surface area contributed by atoms with Crippen molar-refractivity contribution < 1.29 is 27.8 Å². The van der Waals surface area contributed by atoms with Gasteiger partial charge in [-0.15, -0.1) is 13.2 Å². The molecule has 8 heteroatoms. The Hall–Kier alpha value is -4.07. The molecule has 0 aliphatic heterocycles. The summed E-state index contributed by atoms with van der Waals surface area (Å²) in [5, 5.41) is 9.24. The van der Waals surface area contributed by atoms with Gasteiger partial charge in [0.1, 0.15) is 11.3 Å². The number of carbonyl (C=O) groups is 1. The number of hydrogen-bond acceptors (Lipinski definition) is 3. The Balaban J connectivity index is 1.75. The first-order chi connectivity index (χ1) is 15.2. The zero-order valence-electron chi connectivity index (χ0n) is 16.5. The Morgan fingerprint density at radius 1 is 0.938 bits per heavy atom. The Labute approximate surface area is 179 Å². The van der Waals surface area contributed by atoms with Gasteiger partial charge in [0.25, 0.3) is 0 Å². The smallest absolute Gasteiger partial charge is 0.477 e. The highest BCUT2D eigenvalue weighted by Gasteiger charge is 2.31. The standard InChI is InChI=1S/C24H16F3NO4/c25-24(26,27)32-18-10-11-21-19(12-18)22(29)20(23(30)31)14-28(21)13-15-6-8-17(9-7-15)16-4-2-1-3-5-16/h1-12,14H,13H2,(H,30,31). The van der Waals surface area contributed by atoms with Crippen LogP contribution in [0.5, 0.6) is 5.75 Å². The summed E-state index contributed by atoms with van der Waals surface area (Å²) in [6.07, 6.45) is -3.74. The fourth-order valence-electron chi connectivity index (χ4n) is 3.49. The number of hydrogen-bond donors (Lipinski definition) is 1. The van der Waals surface area contributed by atoms with Crippen LogP contribution in [0.3, 0.4) is 0 Å². The van der Waals surface area contributed by atoms with Crippen molar-refractivity contribution in [2.75, 3.05) is 0 Å². The molecule has 0 bridgehead atoms. The number of nitrogens with zero attached hydrogens (tertiary/aromatic N) is 1. The molecule has 0 saturated heterocycles. The molecule has 4 aromatic rings. The highest BCUT2D eigenvalue weighted by atomic mass is 19.4. The Morgan fingerprint density at radius 2 is 1.59 bits per heavy atom. The average molecular weight is 439 g/mol. The molecule has 0 aliphatic rings. The fraction of sp³-hybridized carbons (Fsp3) is 0.0833. The number of ether oxygens (including phenoxy) is 1. The quantitative estimate of drug-likeness (QED) is 0.457. The normalized spacial score (nSPS) is 11.5. The molecule has 0 aliphatic carbocycles. The Bertz CT molecular complexity index is 1340. The predicted molar refractivity (Wildman–Crippen MR) is 113 cm³/mol. The number of aromatic carboxylic acids is 1. The summed E-state index contributed by atoms with van der Waals surface area (Å²) in [4.78, 5) is 24.1. The van der Waals surface area contributed by atoms with Crippen LogP contribution in [0.4, 0.5) is 13.2 Å². The molecular formula is C24H16F3NO4. The fourth-order valence-corrected chi connectivity index (χ4v) is 3.49. The molecule has 0 amide bonds. The molecule has 0 fully saturated rings. The Morgan fingerprint density at radius 3 is 2.22 bits per heavy atom. The maximum Gasteiger partial charge on any atom is 0.573 e. The molecule has 0 unspecified atom stereocenters. The molecule has 1 N–H and O–H groups in total. The zero-order valence-corrected chi connectivity index (χ0v) is 16.5. The van der Waals surface area contributed by atoms with Crippen molar-refractivity contribution in [3.63, 3.8) is 0 Å². The van der Waals surface area contributed by atoms with E-state index in [0.717, 1.165) is 28.8 Å². The van der Waals surface area contributed by atoms with E-state index < -0.39 is 29.1 Å². The topological polar surface area (TPSA) is 68.5 Å². The minimum atomic E-state index is -4.93. The van der Waals surface area contributed by atoms with Crippen molar-refractivity contribution in [1.29, 1.82) is 0 Å². The van der Waals surface area contributed by atoms with Crippen molar-refractivity contribution in [2.24, 2.45) is 0 Å². The molecule has 0 spiro atoms. The van der Waals surface area contributed by atoms with Crippen LogP contribution in [-0.4, -0.2) is 22.0 Å². The highest BCUT2D eigenvalue weighted by molar-refractivity contribution is 5.93. The molecular weight excluding hydrogens is 423 g/mol. The largest absolute Gasteiger partial charge is 0.573 e. The van der Waals surface area contributed by atoms with Crippen LogP contribution in [0.25, 0.3) is 22.0 Å². The minimum Gasteiger partial charge on any atom is -0.477 e. The molecule has 162 valence electrons. The van der Waals surface area contributed by atoms with Crippen LogP contribution in [0.2, 0.25) is 0 Å². The third kappa shape index (κ3) is 4.49. The number of fused-ring (bicyclic) bond motifs is 1. The molecule has 0 saturated carbocycles. The van der Waals surface area contributed by atoms with Crippen LogP contribution < -0.4 is 10.2 Å². The summed E-state index contributed by atoms with van der Waals surface area (Å²) in [5.41, 5.74) is 1.74. The van der Waals surface area contributed by atoms with Gasteiger partial charge in [0, 0.05) is 12.7 Å². The van der Waals surface area contributed by atoms with Crippen molar-refractivity contribution >= 4 is 16.9 Å². The summed E-state index contributed by atoms with van der Waals surface area (Å²) < 4.78 is 43.1. The SMILES string of the molecule is O=C(O)c1cn(Cc2ccc(-c3ccccc3)cc2)c2ccc(OC(F)(F)F)cc2c1=O. The maximum absolute atomic E-state index is 12.6. The van der Waals surface area contributed by atoms with Crippen LogP contribution in [0, 0.1) is 0 Å². The molecule has 5 nitrogen and oxygen atoms in total. The second kappa shape index (κ2) is 8.22. The van der Waals surface area contributed by atoms with E-state index in [4.69, 9.17) is 0 Å². The van der Waals surface area contributed by atoms with E-state index in [9.17, 15) is 27.9 Å². The maximum atomic E-state index is 12.6. The van der Waals surface area contributed by atoms with Crippen molar-refractivity contribution in [3.05, 3.63) is 100 Å². The van der Waals surface area contributed by atoms with E-state index in [-0.39, 0.29) is 11.9 Å². The van der Waals surface area contributed by atoms with Gasteiger partial charge in [-0.05, 0) is 34.9 Å². The number of rotatable bonds is 5. The molecule has 0 radical (unpaired) electrons. The summed E-state index contributed by atoms with van der Waals surface area (Å²) in [7, 11) is 0. The number of benzene rings is 3. The summed E-state index contributed by atoms with van der Waals surface area (Å²) in [6.45, 7) is 0.214. The number of carboxylic acids is 1. The van der Waals surface area contributed by atoms with Crippen molar-refractivity contribution in [1.82, 2.24) is 4.57 Å². The highest BCUT2D eigenvalue weighted by Crippen LogP contribution is 2.26. The van der Waals surface area contributed by atoms with Crippen LogP contribution >= 0.6 is 0 Å². The van der Waals surface area contributed by atoms with Gasteiger partial charge in [0.2, 0.25) is 5.43 Å². The first-order valence-corrected chi connectivity index (χ1v) is 9.52. The second-order valence-corrected chi connectivity index (χ2v) is 7.09. The second-order valence-electron chi connectivity index (χ2n) is 7.09. The van der Waals surface area contributed by atoms with Gasteiger partial charge in [-0.1, -0.05) is 54.6 Å². The lowest BCUT2D eigenvalue weighted by Gasteiger charge is -2.15. The molecule has 1 aromatic heterocycles. The Kier molecular flexibility index (Phi) is 5.44. The van der Waals surface area contributed by atoms with Gasteiger partial charge in [0.05, 0.1) is 10.9 Å². The van der Waals surface area contributed by atoms with E-state index >= 15 is 0 Å². The van der Waals surface area contributed by atoms with Gasteiger partial charge < -0.3 is 14.4 Å². The summed E-state index contributed by atoms with van der Waals surface area (Å²) >= 11 is 0. The van der Waals surface area contributed by atoms with Gasteiger partial charge in [-0.25, -0.2) is 4.79 Å². The third-order valence-corrected chi connectivity index (χ3v) is 4.93. The summed E-state index contributed by atoms with van der Waals surface area (Å²) in [6, 6.07) is 20.6. The van der Waals surface area contributed by atoms with E-state index in [0.29, 0.717) is 5.52 Å². The van der Waals surface area contributed by atoms with E-state index in [1.165, 1.54) is 16.8 Å². The first kappa shape index (κ1) is 21.2. The number of alkyl halides is 3. The number of aromatic nitrogens is 1. The minimum absolute atomic E-state index is 0.174. The first-order valence-electron chi connectivity index (χ1n) is 9.52. The lowest BCUT2D eigenvalue weighted by molar-refractivity contribution is -0.274. The monoisotopic (exact) mass is 439 g/mol. The molecule has 0 atom stereocenters. The van der Waals surface area contributed by atoms with Gasteiger partial charge >= 0.3 is 12.3 Å². The van der Waals surface area contributed by atoms with Crippen LogP contribution in [-0.2, 0) is 6.54 Å². The number of carboxylic acid groups (broad SMARTS) is 1. The lowest BCUT2D eigenvalue weighted by Crippen LogP contribution is -2.20. The zero-order chi connectivity index (χ0) is 22.9. The average Bonchev–Trinajstić information content (AvgIpc) is 2.75. The van der Waals surface area contributed by atoms with Gasteiger partial charge in [-0.3, -0.25) is 4.79 Å². The molecule has 4 rings (SSSR count). The van der Waals surface area contributed by atoms with E-state index in [2.05, 4.69) is 4.74 Å². The van der Waals surface area contributed by atoms with Crippen LogP contribution in [0.15, 0.2) is 83.8 Å². The summed E-state index contributed by atoms with van der Waals surface area (Å²) in [5.74, 6) is -2.06. The van der Waals surface area contributed by atoms with Gasteiger partial charge in [0.15, 0.2) is 0 Å². The van der Waals surface area contributed by atoms with E-state index in [1.807, 2.05) is 54.6 Å². The van der Waals surface area contributed by atoms with Crippen molar-refractivity contribution in [2.45, 2.75) is 12.9 Å². The number of pyridine rings is 1. The van der Waals surface area contributed by atoms with Crippen molar-refractivity contribution in [3.8, 4) is 16.9 Å². The molecule has 1 heterocycles. The third-order valence-electron chi connectivity index (χ3n) is 4.93.